The first kappa shape index (κ1) is 18.3. The molecule has 3 rings (SSSR count). The summed E-state index contributed by atoms with van der Waals surface area (Å²) in [6.45, 7) is 5.76. The van der Waals surface area contributed by atoms with Crippen molar-refractivity contribution in [3.8, 4) is 0 Å². The van der Waals surface area contributed by atoms with Gasteiger partial charge in [-0.1, -0.05) is 48.5 Å². The Morgan fingerprint density at radius 3 is 2.31 bits per heavy atom. The van der Waals surface area contributed by atoms with Gasteiger partial charge < -0.3 is 15.5 Å². The lowest BCUT2D eigenvalue weighted by Gasteiger charge is -2.27. The van der Waals surface area contributed by atoms with Crippen LogP contribution in [0.2, 0.25) is 0 Å². The van der Waals surface area contributed by atoms with E-state index in [-0.39, 0.29) is 11.7 Å². The predicted molar refractivity (Wildman–Crippen MR) is 103 cm³/mol. The molecule has 136 valence electrons. The minimum atomic E-state index is -0.190. The molecule has 5 heteroatoms. The summed E-state index contributed by atoms with van der Waals surface area (Å²) in [5, 5.41) is 6.28. The van der Waals surface area contributed by atoms with Crippen molar-refractivity contribution in [3.05, 3.63) is 71.3 Å². The lowest BCUT2D eigenvalue weighted by atomic mass is 9.98. The van der Waals surface area contributed by atoms with Crippen LogP contribution >= 0.6 is 0 Å². The smallest absolute Gasteiger partial charge is 0.252 e. The third-order valence-electron chi connectivity index (χ3n) is 4.60. The van der Waals surface area contributed by atoms with Crippen molar-refractivity contribution in [2.24, 2.45) is 0 Å². The summed E-state index contributed by atoms with van der Waals surface area (Å²) in [6, 6.07) is 16.1. The van der Waals surface area contributed by atoms with E-state index in [2.05, 4.69) is 15.5 Å². The molecule has 1 aliphatic rings. The number of nitrogens with one attached hydrogen (secondary N) is 2. The second-order valence-electron chi connectivity index (χ2n) is 6.44. The second kappa shape index (κ2) is 9.27. The molecule has 0 aliphatic carbocycles. The molecule has 26 heavy (non-hydrogen) atoms. The Kier molecular flexibility index (Phi) is 6.52. The van der Waals surface area contributed by atoms with Gasteiger partial charge in [-0.2, -0.15) is 0 Å². The molecule has 5 nitrogen and oxygen atoms in total. The van der Waals surface area contributed by atoms with Gasteiger partial charge in [-0.3, -0.25) is 9.59 Å². The SMILES string of the molecule is O=C(NCCCN1CCNCC1)c1ccccc1C(=O)c1ccccc1. The normalized spacial score (nSPS) is 14.8. The lowest BCUT2D eigenvalue weighted by molar-refractivity contribution is 0.0940. The summed E-state index contributed by atoms with van der Waals surface area (Å²) in [4.78, 5) is 27.7. The maximum Gasteiger partial charge on any atom is 0.252 e. The summed E-state index contributed by atoms with van der Waals surface area (Å²) < 4.78 is 0. The molecular weight excluding hydrogens is 326 g/mol. The van der Waals surface area contributed by atoms with Crippen LogP contribution in [0.5, 0.6) is 0 Å². The van der Waals surface area contributed by atoms with Crippen LogP contribution in [0.3, 0.4) is 0 Å². The van der Waals surface area contributed by atoms with Gasteiger partial charge >= 0.3 is 0 Å². The summed E-state index contributed by atoms with van der Waals surface area (Å²) in [5.74, 6) is -0.317. The molecule has 1 saturated heterocycles. The largest absolute Gasteiger partial charge is 0.352 e. The minimum absolute atomic E-state index is 0.128. The van der Waals surface area contributed by atoms with Crippen LogP contribution in [-0.4, -0.2) is 55.9 Å². The van der Waals surface area contributed by atoms with Gasteiger partial charge in [-0.25, -0.2) is 0 Å². The molecule has 0 aromatic heterocycles. The highest BCUT2D eigenvalue weighted by Crippen LogP contribution is 2.14. The average molecular weight is 351 g/mol. The molecule has 2 N–H and O–H groups in total. The van der Waals surface area contributed by atoms with Crippen LogP contribution < -0.4 is 10.6 Å². The van der Waals surface area contributed by atoms with E-state index in [1.165, 1.54) is 0 Å². The number of benzene rings is 2. The van der Waals surface area contributed by atoms with E-state index in [0.29, 0.717) is 23.2 Å². The summed E-state index contributed by atoms with van der Waals surface area (Å²) >= 11 is 0. The van der Waals surface area contributed by atoms with E-state index in [1.54, 1.807) is 36.4 Å². The maximum absolute atomic E-state index is 12.7. The highest BCUT2D eigenvalue weighted by atomic mass is 16.2. The molecule has 1 amide bonds. The number of ketones is 1. The fourth-order valence-corrected chi connectivity index (χ4v) is 3.16. The number of hydrogen-bond acceptors (Lipinski definition) is 4. The summed E-state index contributed by atoms with van der Waals surface area (Å²) in [6.07, 6.45) is 0.903. The summed E-state index contributed by atoms with van der Waals surface area (Å²) in [7, 11) is 0. The van der Waals surface area contributed by atoms with Gasteiger partial charge in [0.25, 0.3) is 5.91 Å². The molecular formula is C21H25N3O2. The predicted octanol–water partition coefficient (Wildman–Crippen LogP) is 1.94. The third kappa shape index (κ3) is 4.77. The molecule has 0 saturated carbocycles. The van der Waals surface area contributed by atoms with Gasteiger partial charge in [0.1, 0.15) is 0 Å². The van der Waals surface area contributed by atoms with Crippen LogP contribution in [0.1, 0.15) is 32.7 Å². The molecule has 0 atom stereocenters. The molecule has 0 radical (unpaired) electrons. The number of rotatable bonds is 7. The number of hydrogen-bond donors (Lipinski definition) is 2. The van der Waals surface area contributed by atoms with Gasteiger partial charge in [0, 0.05) is 43.9 Å². The zero-order valence-electron chi connectivity index (χ0n) is 14.9. The lowest BCUT2D eigenvalue weighted by Crippen LogP contribution is -2.44. The third-order valence-corrected chi connectivity index (χ3v) is 4.60. The van der Waals surface area contributed by atoms with Gasteiger partial charge in [-0.15, -0.1) is 0 Å². The molecule has 1 aliphatic heterocycles. The van der Waals surface area contributed by atoms with E-state index in [4.69, 9.17) is 0 Å². The van der Waals surface area contributed by atoms with Crippen molar-refractivity contribution in [3.63, 3.8) is 0 Å². The van der Waals surface area contributed by atoms with Crippen LogP contribution in [0, 0.1) is 0 Å². The Morgan fingerprint density at radius 2 is 1.58 bits per heavy atom. The van der Waals surface area contributed by atoms with Crippen LogP contribution in [0.4, 0.5) is 0 Å². The van der Waals surface area contributed by atoms with Crippen molar-refractivity contribution in [1.82, 2.24) is 15.5 Å². The van der Waals surface area contributed by atoms with E-state index in [0.717, 1.165) is 39.1 Å². The monoisotopic (exact) mass is 351 g/mol. The van der Waals surface area contributed by atoms with Crippen molar-refractivity contribution < 1.29 is 9.59 Å². The van der Waals surface area contributed by atoms with Crippen LogP contribution in [0.15, 0.2) is 54.6 Å². The molecule has 2 aromatic carbocycles. The fraction of sp³-hybridized carbons (Fsp3) is 0.333. The zero-order chi connectivity index (χ0) is 18.2. The second-order valence-corrected chi connectivity index (χ2v) is 6.44. The van der Waals surface area contributed by atoms with Crippen molar-refractivity contribution in [2.75, 3.05) is 39.3 Å². The molecule has 0 bridgehead atoms. The average Bonchev–Trinajstić information content (AvgIpc) is 2.72. The van der Waals surface area contributed by atoms with Crippen LogP contribution in [-0.2, 0) is 0 Å². The quantitative estimate of drug-likeness (QED) is 0.591. The van der Waals surface area contributed by atoms with E-state index < -0.39 is 0 Å². The first-order valence-electron chi connectivity index (χ1n) is 9.16. The van der Waals surface area contributed by atoms with E-state index in [9.17, 15) is 9.59 Å². The van der Waals surface area contributed by atoms with E-state index in [1.807, 2.05) is 18.2 Å². The number of carbonyl (C=O) groups excluding carboxylic acids is 2. The highest BCUT2D eigenvalue weighted by Gasteiger charge is 2.17. The number of piperazine rings is 1. The van der Waals surface area contributed by atoms with Gasteiger partial charge in [0.15, 0.2) is 5.78 Å². The van der Waals surface area contributed by atoms with Crippen molar-refractivity contribution in [1.29, 1.82) is 0 Å². The summed E-state index contributed by atoms with van der Waals surface area (Å²) in [5.41, 5.74) is 1.47. The Balaban J connectivity index is 1.58. The number of amides is 1. The topological polar surface area (TPSA) is 61.4 Å². The highest BCUT2D eigenvalue weighted by molar-refractivity contribution is 6.15. The molecule has 0 spiro atoms. The zero-order valence-corrected chi connectivity index (χ0v) is 14.9. The molecule has 1 fully saturated rings. The fourth-order valence-electron chi connectivity index (χ4n) is 3.16. The van der Waals surface area contributed by atoms with E-state index >= 15 is 0 Å². The standard InChI is InChI=1S/C21H25N3O2/c25-20(17-7-2-1-3-8-17)18-9-4-5-10-19(18)21(26)23-11-6-14-24-15-12-22-13-16-24/h1-5,7-10,22H,6,11-16H2,(H,23,26). The van der Waals surface area contributed by atoms with Crippen LogP contribution in [0.25, 0.3) is 0 Å². The Bertz CT molecular complexity index is 740. The number of nitrogens with zero attached hydrogens (tertiary/aromatic N) is 1. The molecule has 1 heterocycles. The van der Waals surface area contributed by atoms with Crippen molar-refractivity contribution >= 4 is 11.7 Å². The van der Waals surface area contributed by atoms with Gasteiger partial charge in [-0.05, 0) is 19.0 Å². The van der Waals surface area contributed by atoms with Gasteiger partial charge in [0.2, 0.25) is 0 Å². The number of carbonyl (C=O) groups is 2. The van der Waals surface area contributed by atoms with Crippen molar-refractivity contribution in [2.45, 2.75) is 6.42 Å². The Hall–Kier alpha value is -2.50. The first-order chi connectivity index (χ1) is 12.8. The Labute approximate surface area is 154 Å². The Morgan fingerprint density at radius 1 is 0.923 bits per heavy atom. The molecule has 2 aromatic rings. The molecule has 0 unspecified atom stereocenters. The first-order valence-corrected chi connectivity index (χ1v) is 9.16. The maximum atomic E-state index is 12.7. The van der Waals surface area contributed by atoms with Gasteiger partial charge in [0.05, 0.1) is 5.56 Å². The minimum Gasteiger partial charge on any atom is -0.352 e.